The highest BCUT2D eigenvalue weighted by molar-refractivity contribution is 5.73. The molecule has 1 atom stereocenters. The second-order valence-electron chi connectivity index (χ2n) is 4.63. The average molecular weight is 252 g/mol. The molecule has 1 aliphatic heterocycles. The number of nitrogens with zero attached hydrogens (tertiary/aromatic N) is 3. The number of nitrogens with one attached hydrogen (secondary N) is 1. The molecule has 1 N–H and O–H groups in total. The Labute approximate surface area is 107 Å². The highest BCUT2D eigenvalue weighted by Crippen LogP contribution is 2.10. The van der Waals surface area contributed by atoms with Crippen LogP contribution in [0.15, 0.2) is 12.4 Å². The molecule has 1 saturated heterocycles. The van der Waals surface area contributed by atoms with Crippen molar-refractivity contribution in [2.45, 2.75) is 25.5 Å². The number of urea groups is 1. The minimum absolute atomic E-state index is 0.0894. The second kappa shape index (κ2) is 5.86. The van der Waals surface area contributed by atoms with Gasteiger partial charge >= 0.3 is 6.03 Å². The maximum Gasteiger partial charge on any atom is 0.317 e. The Morgan fingerprint density at radius 3 is 3.17 bits per heavy atom. The zero-order valence-corrected chi connectivity index (χ0v) is 10.9. The summed E-state index contributed by atoms with van der Waals surface area (Å²) in [6.07, 6.45) is 5.89. The van der Waals surface area contributed by atoms with E-state index >= 15 is 0 Å². The lowest BCUT2D eigenvalue weighted by Crippen LogP contribution is -2.40. The average Bonchev–Trinajstić information content (AvgIpc) is 2.99. The van der Waals surface area contributed by atoms with Crippen LogP contribution in [0.4, 0.5) is 4.79 Å². The van der Waals surface area contributed by atoms with Crippen LogP contribution in [0.5, 0.6) is 0 Å². The van der Waals surface area contributed by atoms with E-state index in [0.717, 1.165) is 25.3 Å². The molecule has 0 saturated carbocycles. The second-order valence-corrected chi connectivity index (χ2v) is 4.63. The monoisotopic (exact) mass is 252 g/mol. The SMILES string of the molecule is CN(Cc1nccn1C)C(=O)NC[C@@H]1CCCO1. The predicted molar refractivity (Wildman–Crippen MR) is 67.0 cm³/mol. The van der Waals surface area contributed by atoms with Crippen molar-refractivity contribution < 1.29 is 9.53 Å². The molecule has 2 amide bonds. The quantitative estimate of drug-likeness (QED) is 0.860. The summed E-state index contributed by atoms with van der Waals surface area (Å²) in [7, 11) is 3.68. The normalized spacial score (nSPS) is 18.9. The summed E-state index contributed by atoms with van der Waals surface area (Å²) in [6, 6.07) is -0.0894. The van der Waals surface area contributed by atoms with Crippen LogP contribution in [-0.4, -0.2) is 46.8 Å². The molecule has 0 radical (unpaired) electrons. The Hall–Kier alpha value is -1.56. The zero-order chi connectivity index (χ0) is 13.0. The van der Waals surface area contributed by atoms with E-state index in [2.05, 4.69) is 10.3 Å². The third kappa shape index (κ3) is 3.22. The van der Waals surface area contributed by atoms with Gasteiger partial charge in [0.25, 0.3) is 0 Å². The number of rotatable bonds is 4. The molecule has 0 aromatic carbocycles. The minimum Gasteiger partial charge on any atom is -0.376 e. The fraction of sp³-hybridized carbons (Fsp3) is 0.667. The number of hydrogen-bond donors (Lipinski definition) is 1. The number of carbonyl (C=O) groups is 1. The first kappa shape index (κ1) is 12.9. The fourth-order valence-electron chi connectivity index (χ4n) is 1.97. The zero-order valence-electron chi connectivity index (χ0n) is 10.9. The number of ether oxygens (including phenoxy) is 1. The standard InChI is InChI=1S/C12H20N4O2/c1-15-6-5-13-11(15)9-16(2)12(17)14-8-10-4-3-7-18-10/h5-6,10H,3-4,7-9H2,1-2H3,(H,14,17)/t10-/m0/s1. The fourth-order valence-corrected chi connectivity index (χ4v) is 1.97. The van der Waals surface area contributed by atoms with Crippen LogP contribution in [0.2, 0.25) is 0 Å². The third-order valence-electron chi connectivity index (χ3n) is 3.15. The van der Waals surface area contributed by atoms with E-state index in [0.29, 0.717) is 13.1 Å². The molecule has 1 aromatic rings. The molecule has 1 aromatic heterocycles. The van der Waals surface area contributed by atoms with Gasteiger partial charge in [0.2, 0.25) is 0 Å². The Balaban J connectivity index is 1.76. The van der Waals surface area contributed by atoms with Gasteiger partial charge in [-0.1, -0.05) is 0 Å². The third-order valence-corrected chi connectivity index (χ3v) is 3.15. The van der Waals surface area contributed by atoms with E-state index in [9.17, 15) is 4.79 Å². The number of aryl methyl sites for hydroxylation is 1. The number of hydrogen-bond acceptors (Lipinski definition) is 3. The largest absolute Gasteiger partial charge is 0.376 e. The van der Waals surface area contributed by atoms with E-state index < -0.39 is 0 Å². The van der Waals surface area contributed by atoms with Crippen molar-refractivity contribution in [3.63, 3.8) is 0 Å². The topological polar surface area (TPSA) is 59.4 Å². The summed E-state index contributed by atoms with van der Waals surface area (Å²) in [4.78, 5) is 17.7. The predicted octanol–water partition coefficient (Wildman–Crippen LogP) is 0.740. The molecule has 0 spiro atoms. The molecule has 6 heteroatoms. The van der Waals surface area contributed by atoms with Crippen molar-refractivity contribution >= 4 is 6.03 Å². The highest BCUT2D eigenvalue weighted by Gasteiger charge is 2.17. The Morgan fingerprint density at radius 2 is 2.56 bits per heavy atom. The Morgan fingerprint density at radius 1 is 1.72 bits per heavy atom. The van der Waals surface area contributed by atoms with Crippen LogP contribution < -0.4 is 5.32 Å². The number of aromatic nitrogens is 2. The molecule has 100 valence electrons. The lowest BCUT2D eigenvalue weighted by molar-refractivity contribution is 0.109. The van der Waals surface area contributed by atoms with Gasteiger partial charge < -0.3 is 19.5 Å². The molecule has 18 heavy (non-hydrogen) atoms. The molecule has 1 aliphatic rings. The molecule has 0 bridgehead atoms. The van der Waals surface area contributed by atoms with Crippen molar-refractivity contribution in [1.29, 1.82) is 0 Å². The van der Waals surface area contributed by atoms with E-state index in [-0.39, 0.29) is 12.1 Å². The van der Waals surface area contributed by atoms with Gasteiger partial charge in [0, 0.05) is 39.6 Å². The molecule has 2 heterocycles. The van der Waals surface area contributed by atoms with Crippen molar-refractivity contribution in [3.8, 4) is 0 Å². The van der Waals surface area contributed by atoms with Gasteiger partial charge in [-0.15, -0.1) is 0 Å². The number of carbonyl (C=O) groups excluding carboxylic acids is 1. The molecular formula is C12H20N4O2. The van der Waals surface area contributed by atoms with E-state index in [1.807, 2.05) is 17.8 Å². The van der Waals surface area contributed by atoms with Crippen LogP contribution in [-0.2, 0) is 18.3 Å². The lowest BCUT2D eigenvalue weighted by atomic mass is 10.2. The van der Waals surface area contributed by atoms with E-state index in [1.54, 1.807) is 18.1 Å². The number of amides is 2. The lowest BCUT2D eigenvalue weighted by Gasteiger charge is -2.19. The van der Waals surface area contributed by atoms with Crippen molar-refractivity contribution in [2.24, 2.45) is 7.05 Å². The van der Waals surface area contributed by atoms with Crippen molar-refractivity contribution in [2.75, 3.05) is 20.2 Å². The van der Waals surface area contributed by atoms with Crippen LogP contribution in [0.1, 0.15) is 18.7 Å². The van der Waals surface area contributed by atoms with Gasteiger partial charge in [0.05, 0.1) is 12.6 Å². The molecule has 6 nitrogen and oxygen atoms in total. The Kier molecular flexibility index (Phi) is 4.19. The molecule has 1 fully saturated rings. The highest BCUT2D eigenvalue weighted by atomic mass is 16.5. The minimum atomic E-state index is -0.0894. The van der Waals surface area contributed by atoms with Gasteiger partial charge in [0.15, 0.2) is 0 Å². The summed E-state index contributed by atoms with van der Waals surface area (Å²) in [5.74, 6) is 0.866. The van der Waals surface area contributed by atoms with Crippen LogP contribution >= 0.6 is 0 Å². The molecule has 0 unspecified atom stereocenters. The van der Waals surface area contributed by atoms with Crippen molar-refractivity contribution in [3.05, 3.63) is 18.2 Å². The molecular weight excluding hydrogens is 232 g/mol. The van der Waals surface area contributed by atoms with Crippen LogP contribution in [0, 0.1) is 0 Å². The molecule has 2 rings (SSSR count). The van der Waals surface area contributed by atoms with Crippen LogP contribution in [0.25, 0.3) is 0 Å². The van der Waals surface area contributed by atoms with Crippen molar-refractivity contribution in [1.82, 2.24) is 19.8 Å². The first-order valence-corrected chi connectivity index (χ1v) is 6.23. The smallest absolute Gasteiger partial charge is 0.317 e. The summed E-state index contributed by atoms with van der Waals surface area (Å²) in [5.41, 5.74) is 0. The summed E-state index contributed by atoms with van der Waals surface area (Å²) >= 11 is 0. The first-order chi connectivity index (χ1) is 8.66. The first-order valence-electron chi connectivity index (χ1n) is 6.23. The van der Waals surface area contributed by atoms with Gasteiger partial charge in [-0.05, 0) is 12.8 Å². The van der Waals surface area contributed by atoms with Gasteiger partial charge in [-0.2, -0.15) is 0 Å². The molecule has 0 aliphatic carbocycles. The number of imidazole rings is 1. The Bertz CT molecular complexity index is 399. The van der Waals surface area contributed by atoms with Gasteiger partial charge in [0.1, 0.15) is 5.82 Å². The summed E-state index contributed by atoms with van der Waals surface area (Å²) in [5, 5.41) is 2.88. The van der Waals surface area contributed by atoms with Gasteiger partial charge in [-0.25, -0.2) is 9.78 Å². The van der Waals surface area contributed by atoms with Gasteiger partial charge in [-0.3, -0.25) is 0 Å². The summed E-state index contributed by atoms with van der Waals surface area (Å²) < 4.78 is 7.36. The van der Waals surface area contributed by atoms with Crippen LogP contribution in [0.3, 0.4) is 0 Å². The maximum absolute atomic E-state index is 11.9. The van der Waals surface area contributed by atoms with E-state index in [1.165, 1.54) is 0 Å². The van der Waals surface area contributed by atoms with E-state index in [4.69, 9.17) is 4.74 Å². The summed E-state index contributed by atoms with van der Waals surface area (Å²) in [6.45, 7) is 1.90. The maximum atomic E-state index is 11.9.